The summed E-state index contributed by atoms with van der Waals surface area (Å²) in [6.45, 7) is 1.23. The third-order valence-electron chi connectivity index (χ3n) is 4.59. The molecule has 0 spiro atoms. The fraction of sp³-hybridized carbons (Fsp3) is 0.316. The highest BCUT2D eigenvalue weighted by Crippen LogP contribution is 2.40. The number of nitrogens with one attached hydrogen (secondary N) is 1. The third-order valence-corrected chi connectivity index (χ3v) is 5.92. The van der Waals surface area contributed by atoms with Gasteiger partial charge in [0.15, 0.2) is 11.5 Å². The van der Waals surface area contributed by atoms with E-state index in [0.717, 1.165) is 41.4 Å². The molecule has 2 aromatic carbocycles. The number of anilines is 1. The van der Waals surface area contributed by atoms with Crippen LogP contribution in [0.15, 0.2) is 36.4 Å². The van der Waals surface area contributed by atoms with Crippen molar-refractivity contribution in [1.29, 1.82) is 0 Å². The van der Waals surface area contributed by atoms with Crippen LogP contribution in [0.4, 0.5) is 19.3 Å². The van der Waals surface area contributed by atoms with Crippen LogP contribution in [0.2, 0.25) is 0 Å². The molecule has 142 valence electrons. The number of hydrogen-bond donors (Lipinski definition) is 1. The minimum absolute atomic E-state index is 0.211. The Morgan fingerprint density at radius 3 is 2.70 bits per heavy atom. The van der Waals surface area contributed by atoms with Crippen molar-refractivity contribution >= 4 is 23.5 Å². The Balaban J connectivity index is 1.42. The van der Waals surface area contributed by atoms with Gasteiger partial charge in [-0.15, -0.1) is 0 Å². The second-order valence-corrected chi connectivity index (χ2v) is 7.59. The maximum Gasteiger partial charge on any atom is 0.322 e. The molecule has 0 radical (unpaired) electrons. The van der Waals surface area contributed by atoms with Gasteiger partial charge in [-0.3, -0.25) is 0 Å². The molecule has 4 rings (SSSR count). The SMILES string of the molecule is O=C(Nc1c(F)cccc1F)N1CCSC(c2ccc3c(c2)OCO3)CC1. The number of carbonyl (C=O) groups excluding carboxylic acids is 1. The lowest BCUT2D eigenvalue weighted by atomic mass is 10.1. The van der Waals surface area contributed by atoms with Gasteiger partial charge in [-0.2, -0.15) is 11.8 Å². The van der Waals surface area contributed by atoms with Crippen LogP contribution in [0, 0.1) is 11.6 Å². The lowest BCUT2D eigenvalue weighted by Crippen LogP contribution is -2.37. The van der Waals surface area contributed by atoms with Gasteiger partial charge in [-0.25, -0.2) is 13.6 Å². The van der Waals surface area contributed by atoms with E-state index >= 15 is 0 Å². The van der Waals surface area contributed by atoms with E-state index in [1.165, 1.54) is 6.07 Å². The summed E-state index contributed by atoms with van der Waals surface area (Å²) in [4.78, 5) is 14.0. The van der Waals surface area contributed by atoms with E-state index < -0.39 is 23.4 Å². The second-order valence-electron chi connectivity index (χ2n) is 6.27. The quantitative estimate of drug-likeness (QED) is 0.823. The Kier molecular flexibility index (Phi) is 5.07. The zero-order valence-electron chi connectivity index (χ0n) is 14.4. The first-order valence-electron chi connectivity index (χ1n) is 8.63. The van der Waals surface area contributed by atoms with Crippen molar-refractivity contribution in [1.82, 2.24) is 4.90 Å². The fourth-order valence-corrected chi connectivity index (χ4v) is 4.38. The van der Waals surface area contributed by atoms with E-state index in [4.69, 9.17) is 9.47 Å². The van der Waals surface area contributed by atoms with Crippen molar-refractivity contribution in [2.24, 2.45) is 0 Å². The molecule has 0 aliphatic carbocycles. The third kappa shape index (κ3) is 3.80. The number of para-hydroxylation sites is 1. The number of carbonyl (C=O) groups is 1. The van der Waals surface area contributed by atoms with Gasteiger partial charge >= 0.3 is 6.03 Å². The molecule has 1 fully saturated rings. The van der Waals surface area contributed by atoms with Gasteiger partial charge in [-0.1, -0.05) is 12.1 Å². The van der Waals surface area contributed by atoms with Gasteiger partial charge in [0.1, 0.15) is 17.3 Å². The van der Waals surface area contributed by atoms with Crippen molar-refractivity contribution in [3.63, 3.8) is 0 Å². The molecule has 1 atom stereocenters. The predicted molar refractivity (Wildman–Crippen MR) is 99.3 cm³/mol. The summed E-state index contributed by atoms with van der Waals surface area (Å²) in [5.74, 6) is 0.635. The van der Waals surface area contributed by atoms with Gasteiger partial charge in [0.05, 0.1) is 0 Å². The number of halogens is 2. The van der Waals surface area contributed by atoms with Gasteiger partial charge in [0.25, 0.3) is 0 Å². The van der Waals surface area contributed by atoms with Gasteiger partial charge in [0, 0.05) is 24.1 Å². The number of hydrogen-bond acceptors (Lipinski definition) is 4. The highest BCUT2D eigenvalue weighted by molar-refractivity contribution is 7.99. The average molecular weight is 392 g/mol. The molecular formula is C19H18F2N2O3S. The maximum atomic E-state index is 13.8. The number of fused-ring (bicyclic) bond motifs is 1. The normalized spacial score (nSPS) is 18.9. The molecular weight excluding hydrogens is 374 g/mol. The molecule has 1 N–H and O–H groups in total. The molecule has 2 heterocycles. The molecule has 8 heteroatoms. The van der Waals surface area contributed by atoms with E-state index in [1.807, 2.05) is 18.2 Å². The lowest BCUT2D eigenvalue weighted by Gasteiger charge is -2.21. The van der Waals surface area contributed by atoms with Crippen LogP contribution < -0.4 is 14.8 Å². The minimum Gasteiger partial charge on any atom is -0.454 e. The number of nitrogens with zero attached hydrogens (tertiary/aromatic N) is 1. The molecule has 27 heavy (non-hydrogen) atoms. The summed E-state index contributed by atoms with van der Waals surface area (Å²) in [6, 6.07) is 8.89. The Hall–Kier alpha value is -2.48. The molecule has 5 nitrogen and oxygen atoms in total. The fourth-order valence-electron chi connectivity index (χ4n) is 3.16. The molecule has 1 saturated heterocycles. The Morgan fingerprint density at radius 1 is 1.11 bits per heavy atom. The number of benzene rings is 2. The summed E-state index contributed by atoms with van der Waals surface area (Å²) >= 11 is 1.75. The first kappa shape index (κ1) is 17.9. The van der Waals surface area contributed by atoms with Crippen LogP contribution in [0.1, 0.15) is 17.2 Å². The first-order valence-corrected chi connectivity index (χ1v) is 9.68. The average Bonchev–Trinajstić information content (AvgIpc) is 2.99. The van der Waals surface area contributed by atoms with Crippen molar-refractivity contribution in [2.45, 2.75) is 11.7 Å². The summed E-state index contributed by atoms with van der Waals surface area (Å²) in [7, 11) is 0. The molecule has 0 saturated carbocycles. The van der Waals surface area contributed by atoms with E-state index in [-0.39, 0.29) is 12.0 Å². The van der Waals surface area contributed by atoms with Crippen molar-refractivity contribution in [3.8, 4) is 11.5 Å². The van der Waals surface area contributed by atoms with Crippen LogP contribution in [0.25, 0.3) is 0 Å². The molecule has 2 amide bonds. The summed E-state index contributed by atoms with van der Waals surface area (Å²) < 4.78 is 38.3. The second kappa shape index (κ2) is 7.64. The minimum atomic E-state index is -0.786. The molecule has 2 aliphatic rings. The Morgan fingerprint density at radius 2 is 1.89 bits per heavy atom. The van der Waals surface area contributed by atoms with Crippen LogP contribution in [-0.2, 0) is 0 Å². The Labute approximate surface area is 159 Å². The lowest BCUT2D eigenvalue weighted by molar-refractivity contribution is 0.174. The van der Waals surface area contributed by atoms with Crippen molar-refractivity contribution < 1.29 is 23.0 Å². The number of amides is 2. The number of thioether (sulfide) groups is 1. The number of urea groups is 1. The van der Waals surface area contributed by atoms with Crippen LogP contribution in [0.5, 0.6) is 11.5 Å². The molecule has 2 aliphatic heterocycles. The molecule has 0 bridgehead atoms. The summed E-state index contributed by atoms with van der Waals surface area (Å²) in [5, 5.41) is 2.57. The summed E-state index contributed by atoms with van der Waals surface area (Å²) in [5.41, 5.74) is 0.707. The number of ether oxygens (including phenoxy) is 2. The zero-order valence-corrected chi connectivity index (χ0v) is 15.2. The van der Waals surface area contributed by atoms with E-state index in [0.29, 0.717) is 13.1 Å². The van der Waals surface area contributed by atoms with Crippen molar-refractivity contribution in [2.75, 3.05) is 31.0 Å². The van der Waals surface area contributed by atoms with E-state index in [2.05, 4.69) is 5.32 Å². The molecule has 1 unspecified atom stereocenters. The summed E-state index contributed by atoms with van der Waals surface area (Å²) in [6.07, 6.45) is 0.734. The zero-order chi connectivity index (χ0) is 18.8. The highest BCUT2D eigenvalue weighted by Gasteiger charge is 2.25. The highest BCUT2D eigenvalue weighted by atomic mass is 32.2. The van der Waals surface area contributed by atoms with Gasteiger partial charge < -0.3 is 19.7 Å². The van der Waals surface area contributed by atoms with Gasteiger partial charge in [-0.05, 0) is 36.2 Å². The van der Waals surface area contributed by atoms with Crippen LogP contribution in [-0.4, -0.2) is 36.6 Å². The van der Waals surface area contributed by atoms with Crippen molar-refractivity contribution in [3.05, 3.63) is 53.6 Å². The monoisotopic (exact) mass is 392 g/mol. The predicted octanol–water partition coefficient (Wildman–Crippen LogP) is 4.41. The topological polar surface area (TPSA) is 50.8 Å². The molecule has 2 aromatic rings. The molecule has 0 aromatic heterocycles. The number of rotatable bonds is 2. The van der Waals surface area contributed by atoms with E-state index in [9.17, 15) is 13.6 Å². The first-order chi connectivity index (χ1) is 13.1. The maximum absolute atomic E-state index is 13.8. The Bertz CT molecular complexity index is 845. The smallest absolute Gasteiger partial charge is 0.322 e. The van der Waals surface area contributed by atoms with Gasteiger partial charge in [0.2, 0.25) is 6.79 Å². The van der Waals surface area contributed by atoms with E-state index in [1.54, 1.807) is 16.7 Å². The van der Waals surface area contributed by atoms with Crippen LogP contribution >= 0.6 is 11.8 Å². The standard InChI is InChI=1S/C19H18F2N2O3S/c20-13-2-1-3-14(21)18(13)22-19(24)23-7-6-17(27-9-8-23)12-4-5-15-16(10-12)26-11-25-15/h1-5,10,17H,6-9,11H2,(H,22,24). The van der Waals surface area contributed by atoms with Crippen LogP contribution in [0.3, 0.4) is 0 Å². The largest absolute Gasteiger partial charge is 0.454 e.